The second-order valence-corrected chi connectivity index (χ2v) is 7.65. The van der Waals surface area contributed by atoms with Crippen molar-refractivity contribution in [2.45, 2.75) is 31.9 Å². The van der Waals surface area contributed by atoms with E-state index in [1.165, 1.54) is 47.4 Å². The second kappa shape index (κ2) is 7.88. The van der Waals surface area contributed by atoms with Gasteiger partial charge in [0, 0.05) is 17.7 Å². The van der Waals surface area contributed by atoms with Crippen molar-refractivity contribution >= 4 is 28.9 Å². The second-order valence-electron chi connectivity index (χ2n) is 5.40. The van der Waals surface area contributed by atoms with Crippen LogP contribution in [0, 0.1) is 19.7 Å². The fraction of sp³-hybridized carbons (Fsp3) is 0.294. The van der Waals surface area contributed by atoms with E-state index in [1.807, 2.05) is 13.8 Å². The molecule has 5 nitrogen and oxygen atoms in total. The van der Waals surface area contributed by atoms with Crippen LogP contribution < -0.4 is 0 Å². The summed E-state index contributed by atoms with van der Waals surface area (Å²) in [6.45, 7) is 3.85. The molecule has 0 radical (unpaired) electrons. The van der Waals surface area contributed by atoms with Crippen LogP contribution >= 0.6 is 23.1 Å². The topological polar surface area (TPSA) is 68.9 Å². The first-order chi connectivity index (χ1) is 12.0. The molecule has 0 bridgehead atoms. The predicted octanol–water partition coefficient (Wildman–Crippen LogP) is 4.70. The Kier molecular flexibility index (Phi) is 5.60. The molecule has 0 saturated carbocycles. The maximum atomic E-state index is 12.9. The molecular formula is C17H16FN3O2S2. The van der Waals surface area contributed by atoms with Crippen LogP contribution in [0.15, 0.2) is 33.9 Å². The highest BCUT2D eigenvalue weighted by Gasteiger charge is 2.15. The molecule has 0 spiro atoms. The van der Waals surface area contributed by atoms with E-state index < -0.39 is 0 Å². The summed E-state index contributed by atoms with van der Waals surface area (Å²) < 4.78 is 18.5. The zero-order chi connectivity index (χ0) is 17.8. The molecule has 0 saturated heterocycles. The van der Waals surface area contributed by atoms with Crippen molar-refractivity contribution in [2.24, 2.45) is 0 Å². The van der Waals surface area contributed by atoms with E-state index in [9.17, 15) is 9.18 Å². The highest BCUT2D eigenvalue weighted by molar-refractivity contribution is 7.99. The summed E-state index contributed by atoms with van der Waals surface area (Å²) in [6, 6.07) is 5.61. The Hall–Kier alpha value is -2.06. The molecule has 0 fully saturated rings. The van der Waals surface area contributed by atoms with E-state index in [2.05, 4.69) is 15.2 Å². The molecule has 2 aromatic heterocycles. The average Bonchev–Trinajstić information content (AvgIpc) is 3.18. The molecule has 3 rings (SSSR count). The smallest absolute Gasteiger partial charge is 0.276 e. The maximum Gasteiger partial charge on any atom is 0.276 e. The number of hydrogen-bond donors (Lipinski definition) is 0. The molecule has 8 heteroatoms. The lowest BCUT2D eigenvalue weighted by Crippen LogP contribution is -1.99. The minimum Gasteiger partial charge on any atom is -0.410 e. The largest absolute Gasteiger partial charge is 0.410 e. The number of aromatic nitrogens is 3. The van der Waals surface area contributed by atoms with E-state index in [4.69, 9.17) is 4.42 Å². The van der Waals surface area contributed by atoms with Gasteiger partial charge in [-0.15, -0.1) is 21.5 Å². The number of rotatable bonds is 7. The molecule has 0 aliphatic rings. The van der Waals surface area contributed by atoms with Crippen LogP contribution in [0.2, 0.25) is 0 Å². The molecule has 0 aliphatic heterocycles. The van der Waals surface area contributed by atoms with Crippen LogP contribution in [0.4, 0.5) is 4.39 Å². The summed E-state index contributed by atoms with van der Waals surface area (Å²) in [5, 5.41) is 9.53. The quantitative estimate of drug-likeness (QED) is 0.338. The number of carbonyl (C=O) groups excluding carboxylic acids is 1. The summed E-state index contributed by atoms with van der Waals surface area (Å²) in [4.78, 5) is 17.2. The molecule has 0 atom stereocenters. The van der Waals surface area contributed by atoms with Gasteiger partial charge in [0.25, 0.3) is 11.1 Å². The van der Waals surface area contributed by atoms with Gasteiger partial charge < -0.3 is 4.42 Å². The first kappa shape index (κ1) is 17.8. The van der Waals surface area contributed by atoms with E-state index in [1.54, 1.807) is 0 Å². The van der Waals surface area contributed by atoms with Crippen LogP contribution in [0.3, 0.4) is 0 Å². The maximum absolute atomic E-state index is 12.9. The van der Waals surface area contributed by atoms with Gasteiger partial charge in [-0.1, -0.05) is 11.8 Å². The lowest BCUT2D eigenvalue weighted by atomic mass is 10.1. The number of thioether (sulfide) groups is 1. The van der Waals surface area contributed by atoms with Crippen molar-refractivity contribution in [3.05, 3.63) is 46.3 Å². The molecule has 0 unspecified atom stereocenters. The van der Waals surface area contributed by atoms with Crippen molar-refractivity contribution in [1.82, 2.24) is 15.2 Å². The van der Waals surface area contributed by atoms with Gasteiger partial charge in [-0.3, -0.25) is 4.79 Å². The van der Waals surface area contributed by atoms with Gasteiger partial charge in [0.05, 0.1) is 10.7 Å². The highest BCUT2D eigenvalue weighted by Crippen LogP contribution is 2.30. The van der Waals surface area contributed by atoms with E-state index in [-0.39, 0.29) is 11.6 Å². The Balaban J connectivity index is 1.49. The van der Waals surface area contributed by atoms with Crippen LogP contribution in [0.1, 0.15) is 33.9 Å². The van der Waals surface area contributed by atoms with Crippen molar-refractivity contribution in [3.8, 4) is 10.8 Å². The summed E-state index contributed by atoms with van der Waals surface area (Å²) in [5.41, 5.74) is 1.41. The standard InChI is InChI=1S/C17H16FN3O2S2/c1-10-15(25-11(2)19-10)16-20-21-17(23-16)24-9-3-4-14(22)12-5-7-13(18)8-6-12/h5-8H,3-4,9H2,1-2H3. The van der Waals surface area contributed by atoms with Crippen LogP contribution in [-0.2, 0) is 0 Å². The summed E-state index contributed by atoms with van der Waals surface area (Å²) in [6.07, 6.45) is 1.07. The predicted molar refractivity (Wildman–Crippen MR) is 95.6 cm³/mol. The third-order valence-corrected chi connectivity index (χ3v) is 5.41. The van der Waals surface area contributed by atoms with Gasteiger partial charge in [-0.2, -0.15) is 0 Å². The Bertz CT molecular complexity index is 874. The lowest BCUT2D eigenvalue weighted by molar-refractivity contribution is 0.0982. The van der Waals surface area contributed by atoms with Crippen molar-refractivity contribution in [1.29, 1.82) is 0 Å². The van der Waals surface area contributed by atoms with E-state index in [0.29, 0.717) is 35.3 Å². The first-order valence-electron chi connectivity index (χ1n) is 7.72. The zero-order valence-electron chi connectivity index (χ0n) is 13.8. The molecule has 25 heavy (non-hydrogen) atoms. The van der Waals surface area contributed by atoms with Crippen LogP contribution in [-0.4, -0.2) is 26.7 Å². The third-order valence-electron chi connectivity index (χ3n) is 3.44. The van der Waals surface area contributed by atoms with Crippen LogP contribution in [0.25, 0.3) is 10.8 Å². The molecule has 0 N–H and O–H groups in total. The van der Waals surface area contributed by atoms with Crippen LogP contribution in [0.5, 0.6) is 0 Å². The van der Waals surface area contributed by atoms with Crippen molar-refractivity contribution < 1.29 is 13.6 Å². The Morgan fingerprint density at radius 2 is 2.00 bits per heavy atom. The number of hydrogen-bond acceptors (Lipinski definition) is 7. The van der Waals surface area contributed by atoms with Crippen molar-refractivity contribution in [2.75, 3.05) is 5.75 Å². The van der Waals surface area contributed by atoms with Gasteiger partial charge in [-0.05, 0) is 44.5 Å². The minimum atomic E-state index is -0.342. The summed E-state index contributed by atoms with van der Waals surface area (Å²) >= 11 is 2.94. The first-order valence-corrected chi connectivity index (χ1v) is 9.52. The minimum absolute atomic E-state index is 0.00239. The molecule has 0 amide bonds. The van der Waals surface area contributed by atoms with Crippen molar-refractivity contribution in [3.63, 3.8) is 0 Å². The van der Waals surface area contributed by atoms with Gasteiger partial charge in [0.2, 0.25) is 0 Å². The fourth-order valence-corrected chi connectivity index (χ4v) is 3.80. The van der Waals surface area contributed by atoms with E-state index >= 15 is 0 Å². The number of halogens is 1. The van der Waals surface area contributed by atoms with Gasteiger partial charge >= 0.3 is 0 Å². The number of aryl methyl sites for hydroxylation is 2. The molecular weight excluding hydrogens is 361 g/mol. The molecule has 130 valence electrons. The number of nitrogens with zero attached hydrogens (tertiary/aromatic N) is 3. The number of Topliss-reactive ketones (excluding diaryl/α,β-unsaturated/α-hetero) is 1. The number of ketones is 1. The normalized spacial score (nSPS) is 11.0. The van der Waals surface area contributed by atoms with E-state index in [0.717, 1.165) is 15.6 Å². The molecule has 3 aromatic rings. The number of carbonyl (C=O) groups is 1. The molecule has 1 aromatic carbocycles. The number of benzene rings is 1. The Morgan fingerprint density at radius 3 is 2.68 bits per heavy atom. The monoisotopic (exact) mass is 377 g/mol. The zero-order valence-corrected chi connectivity index (χ0v) is 15.4. The lowest BCUT2D eigenvalue weighted by Gasteiger charge is -2.00. The summed E-state index contributed by atoms with van der Waals surface area (Å²) in [5.74, 6) is 0.830. The van der Waals surface area contributed by atoms with Gasteiger partial charge in [0.15, 0.2) is 5.78 Å². The summed E-state index contributed by atoms with van der Waals surface area (Å²) in [7, 11) is 0. The van der Waals surface area contributed by atoms with Gasteiger partial charge in [0.1, 0.15) is 10.7 Å². The Labute approximate surface area is 152 Å². The molecule has 2 heterocycles. The van der Waals surface area contributed by atoms with Gasteiger partial charge in [-0.25, -0.2) is 9.37 Å². The third kappa shape index (κ3) is 4.52. The molecule has 0 aliphatic carbocycles. The fourth-order valence-electron chi connectivity index (χ4n) is 2.26. The number of thiazole rings is 1. The average molecular weight is 377 g/mol. The SMILES string of the molecule is Cc1nc(C)c(-c2nnc(SCCCC(=O)c3ccc(F)cc3)o2)s1. The highest BCUT2D eigenvalue weighted by atomic mass is 32.2. The Morgan fingerprint density at radius 1 is 1.24 bits per heavy atom.